The van der Waals surface area contributed by atoms with E-state index in [2.05, 4.69) is 4.98 Å². The van der Waals surface area contributed by atoms with Gasteiger partial charge in [-0.2, -0.15) is 0 Å². The van der Waals surface area contributed by atoms with Crippen molar-refractivity contribution in [3.05, 3.63) is 16.6 Å². The van der Waals surface area contributed by atoms with Crippen LogP contribution in [-0.4, -0.2) is 10.1 Å². The number of halogens is 2. The van der Waals surface area contributed by atoms with Crippen LogP contribution in [0.5, 0.6) is 5.75 Å². The second-order valence-electron chi connectivity index (χ2n) is 1.80. The molecule has 1 aromatic heterocycles. The molecule has 0 aliphatic rings. The predicted octanol–water partition coefficient (Wildman–Crippen LogP) is 0.918. The largest absolute Gasteiger partial charge is 0.501 e. The van der Waals surface area contributed by atoms with Crippen molar-refractivity contribution < 1.29 is 9.67 Å². The third kappa shape index (κ3) is 1.30. The van der Waals surface area contributed by atoms with E-state index in [1.165, 1.54) is 10.8 Å². The maximum atomic E-state index is 8.95. The lowest BCUT2D eigenvalue weighted by molar-refractivity contribution is -0.672. The molecule has 0 saturated carbocycles. The summed E-state index contributed by atoms with van der Waals surface area (Å²) in [6.07, 6.45) is 1.39. The van der Waals surface area contributed by atoms with Gasteiger partial charge >= 0.3 is 5.28 Å². The monoisotopic (exact) mass is 179 g/mol. The van der Waals surface area contributed by atoms with E-state index in [9.17, 15) is 0 Å². The minimum absolute atomic E-state index is 0.0168. The van der Waals surface area contributed by atoms with Crippen LogP contribution in [0.1, 0.15) is 0 Å². The Kier molecular flexibility index (Phi) is 1.97. The van der Waals surface area contributed by atoms with Crippen molar-refractivity contribution in [3.8, 4) is 5.75 Å². The van der Waals surface area contributed by atoms with Crippen LogP contribution in [-0.2, 0) is 7.05 Å². The first-order chi connectivity index (χ1) is 4.61. The lowest BCUT2D eigenvalue weighted by Gasteiger charge is -1.91. The highest BCUT2D eigenvalue weighted by Gasteiger charge is 2.12. The molecule has 54 valence electrons. The number of nitrogens with zero attached hydrogens (tertiary/aromatic N) is 2. The van der Waals surface area contributed by atoms with Crippen molar-refractivity contribution in [2.75, 3.05) is 0 Å². The highest BCUT2D eigenvalue weighted by molar-refractivity contribution is 6.32. The maximum Gasteiger partial charge on any atom is 0.397 e. The van der Waals surface area contributed by atoms with Gasteiger partial charge < -0.3 is 5.11 Å². The molecule has 0 aliphatic heterocycles. The second-order valence-corrected chi connectivity index (χ2v) is 2.49. The highest BCUT2D eigenvalue weighted by atomic mass is 35.5. The molecule has 0 atom stereocenters. The third-order valence-electron chi connectivity index (χ3n) is 1.01. The van der Waals surface area contributed by atoms with Gasteiger partial charge in [-0.15, -0.1) is 0 Å². The summed E-state index contributed by atoms with van der Waals surface area (Å²) in [6, 6.07) is 0. The standard InChI is InChI=1S/C5H4Cl2N2O/c1-9-2-3(10)4(6)8-5(9)7/h2H,1H3/p+1. The van der Waals surface area contributed by atoms with Crippen LogP contribution < -0.4 is 4.57 Å². The van der Waals surface area contributed by atoms with Gasteiger partial charge in [0.15, 0.2) is 0 Å². The molecular formula is C5H5Cl2N2O+. The van der Waals surface area contributed by atoms with Crippen LogP contribution in [0.15, 0.2) is 6.20 Å². The SMILES string of the molecule is C[n+]1cc(O)c(Cl)nc1Cl. The zero-order chi connectivity index (χ0) is 7.72. The minimum atomic E-state index is -0.0754. The summed E-state index contributed by atoms with van der Waals surface area (Å²) in [5, 5.41) is 9.21. The molecule has 1 heterocycles. The quantitative estimate of drug-likeness (QED) is 0.366. The van der Waals surface area contributed by atoms with Crippen molar-refractivity contribution in [2.24, 2.45) is 7.05 Å². The molecule has 0 unspecified atom stereocenters. The molecule has 5 heteroatoms. The molecule has 1 N–H and O–H groups in total. The lowest BCUT2D eigenvalue weighted by Crippen LogP contribution is -2.29. The van der Waals surface area contributed by atoms with E-state index in [0.717, 1.165) is 0 Å². The summed E-state index contributed by atoms with van der Waals surface area (Å²) in [7, 11) is 1.66. The molecule has 0 aliphatic carbocycles. The Labute approximate surface area is 67.8 Å². The fraction of sp³-hybridized carbons (Fsp3) is 0.200. The van der Waals surface area contributed by atoms with Gasteiger partial charge in [-0.3, -0.25) is 0 Å². The van der Waals surface area contributed by atoms with Gasteiger partial charge in [-0.05, 0) is 16.6 Å². The van der Waals surface area contributed by atoms with Gasteiger partial charge in [0.2, 0.25) is 5.75 Å². The Balaban J connectivity index is 3.28. The van der Waals surface area contributed by atoms with Crippen LogP contribution in [0.3, 0.4) is 0 Å². The van der Waals surface area contributed by atoms with Crippen LogP contribution >= 0.6 is 23.2 Å². The van der Waals surface area contributed by atoms with Crippen molar-refractivity contribution in [2.45, 2.75) is 0 Å². The maximum absolute atomic E-state index is 8.95. The van der Waals surface area contributed by atoms with Gasteiger partial charge in [0.05, 0.1) is 7.05 Å². The van der Waals surface area contributed by atoms with Crippen LogP contribution in [0, 0.1) is 0 Å². The summed E-state index contributed by atoms with van der Waals surface area (Å²) >= 11 is 11.0. The van der Waals surface area contributed by atoms with Crippen molar-refractivity contribution >= 4 is 23.2 Å². The van der Waals surface area contributed by atoms with Crippen molar-refractivity contribution in [3.63, 3.8) is 0 Å². The Morgan fingerprint density at radius 2 is 2.20 bits per heavy atom. The summed E-state index contributed by atoms with van der Waals surface area (Å²) in [5.41, 5.74) is 0. The Bertz CT molecular complexity index is 214. The number of aromatic nitrogens is 2. The molecule has 1 rings (SSSR count). The van der Waals surface area contributed by atoms with Gasteiger partial charge in [0.1, 0.15) is 6.20 Å². The Hall–Kier alpha value is -0.540. The van der Waals surface area contributed by atoms with Crippen LogP contribution in [0.25, 0.3) is 0 Å². The molecule has 0 fully saturated rings. The number of aromatic hydroxyl groups is 1. The molecule has 0 aromatic carbocycles. The fourth-order valence-electron chi connectivity index (χ4n) is 0.507. The van der Waals surface area contributed by atoms with Gasteiger partial charge in [0.25, 0.3) is 5.15 Å². The number of aryl methyl sites for hydroxylation is 1. The molecule has 3 nitrogen and oxygen atoms in total. The van der Waals surface area contributed by atoms with Gasteiger partial charge in [0, 0.05) is 11.6 Å². The Morgan fingerprint density at radius 1 is 1.60 bits per heavy atom. The first kappa shape index (κ1) is 7.57. The van der Waals surface area contributed by atoms with Crippen LogP contribution in [0.2, 0.25) is 10.4 Å². The molecule has 0 radical (unpaired) electrons. The number of hydrogen-bond acceptors (Lipinski definition) is 2. The van der Waals surface area contributed by atoms with E-state index in [1.807, 2.05) is 0 Å². The first-order valence-corrected chi connectivity index (χ1v) is 3.27. The zero-order valence-electron chi connectivity index (χ0n) is 5.17. The van der Waals surface area contributed by atoms with Gasteiger partial charge in [-0.25, -0.2) is 4.57 Å². The molecule has 0 saturated heterocycles. The summed E-state index contributed by atoms with van der Waals surface area (Å²) in [6.45, 7) is 0. The summed E-state index contributed by atoms with van der Waals surface area (Å²) < 4.78 is 1.46. The number of rotatable bonds is 0. The van der Waals surface area contributed by atoms with E-state index in [-0.39, 0.29) is 16.2 Å². The average Bonchev–Trinajstić information content (AvgIpc) is 1.84. The fourth-order valence-corrected chi connectivity index (χ4v) is 0.813. The van der Waals surface area contributed by atoms with E-state index in [4.69, 9.17) is 28.3 Å². The normalized spacial score (nSPS) is 9.90. The molecular weight excluding hydrogens is 175 g/mol. The lowest BCUT2D eigenvalue weighted by atomic mass is 10.6. The first-order valence-electron chi connectivity index (χ1n) is 2.52. The Morgan fingerprint density at radius 3 is 2.70 bits per heavy atom. The van der Waals surface area contributed by atoms with Gasteiger partial charge in [-0.1, -0.05) is 0 Å². The number of hydrogen-bond donors (Lipinski definition) is 1. The topological polar surface area (TPSA) is 37.0 Å². The van der Waals surface area contributed by atoms with Crippen molar-refractivity contribution in [1.29, 1.82) is 0 Å². The second kappa shape index (κ2) is 2.60. The third-order valence-corrected chi connectivity index (χ3v) is 1.64. The molecule has 0 amide bonds. The summed E-state index contributed by atoms with van der Waals surface area (Å²) in [5.74, 6) is -0.0754. The molecule has 1 aromatic rings. The molecule has 0 bridgehead atoms. The smallest absolute Gasteiger partial charge is 0.397 e. The van der Waals surface area contributed by atoms with E-state index >= 15 is 0 Å². The predicted molar refractivity (Wildman–Crippen MR) is 37.1 cm³/mol. The zero-order valence-corrected chi connectivity index (χ0v) is 6.69. The van der Waals surface area contributed by atoms with Crippen molar-refractivity contribution in [1.82, 2.24) is 4.98 Å². The van der Waals surface area contributed by atoms with E-state index < -0.39 is 0 Å². The minimum Gasteiger partial charge on any atom is -0.501 e. The summed E-state index contributed by atoms with van der Waals surface area (Å²) in [4.78, 5) is 3.62. The molecule has 0 spiro atoms. The van der Waals surface area contributed by atoms with Crippen LogP contribution in [0.4, 0.5) is 0 Å². The average molecular weight is 180 g/mol. The van der Waals surface area contributed by atoms with E-state index in [0.29, 0.717) is 0 Å². The van der Waals surface area contributed by atoms with E-state index in [1.54, 1.807) is 7.05 Å². The molecule has 10 heavy (non-hydrogen) atoms. The highest BCUT2D eigenvalue weighted by Crippen LogP contribution is 2.18.